The second-order valence-electron chi connectivity index (χ2n) is 3.91. The molecule has 0 radical (unpaired) electrons. The van der Waals surface area contributed by atoms with E-state index in [4.69, 9.17) is 10.8 Å². The van der Waals surface area contributed by atoms with Gasteiger partial charge in [0.2, 0.25) is 0 Å². The Morgan fingerprint density at radius 1 is 1.62 bits per heavy atom. The quantitative estimate of drug-likeness (QED) is 0.245. The van der Waals surface area contributed by atoms with Gasteiger partial charge in [-0.25, -0.2) is 0 Å². The summed E-state index contributed by atoms with van der Waals surface area (Å²) >= 11 is 0. The largest absolute Gasteiger partial charge is 0.302 e. The molecule has 0 aromatic carbocycles. The van der Waals surface area contributed by atoms with E-state index in [1.165, 1.54) is 0 Å². The Balaban J connectivity index is 2.24. The van der Waals surface area contributed by atoms with Gasteiger partial charge in [-0.2, -0.15) is 5.26 Å². The average Bonchev–Trinajstić information content (AvgIpc) is 2.35. The minimum absolute atomic E-state index is 0.0731. The van der Waals surface area contributed by atoms with Crippen molar-refractivity contribution in [2.24, 2.45) is 11.0 Å². The molecule has 0 saturated heterocycles. The third-order valence-electron chi connectivity index (χ3n) is 2.78. The maximum absolute atomic E-state index is 9.06. The van der Waals surface area contributed by atoms with Crippen molar-refractivity contribution in [3.63, 3.8) is 0 Å². The van der Waals surface area contributed by atoms with Crippen LogP contribution in [0, 0.1) is 17.2 Å². The molecule has 0 aliphatic heterocycles. The van der Waals surface area contributed by atoms with Crippen LogP contribution in [-0.2, 0) is 0 Å². The minimum atomic E-state index is -0.0731. The van der Waals surface area contributed by atoms with Crippen molar-refractivity contribution in [2.75, 3.05) is 13.1 Å². The van der Waals surface area contributed by atoms with Crippen LogP contribution in [0.4, 0.5) is 0 Å². The topological polar surface area (TPSA) is 84.6 Å². The highest BCUT2D eigenvalue weighted by atomic mass is 15.1. The summed E-state index contributed by atoms with van der Waals surface area (Å²) in [5, 5.41) is 15.7. The highest BCUT2D eigenvalue weighted by Crippen LogP contribution is 2.21. The molecule has 16 heavy (non-hydrogen) atoms. The van der Waals surface area contributed by atoms with Gasteiger partial charge in [0.1, 0.15) is 0 Å². The van der Waals surface area contributed by atoms with Crippen molar-refractivity contribution in [1.29, 1.82) is 5.26 Å². The molecule has 5 nitrogen and oxygen atoms in total. The smallest absolute Gasteiger partial charge is 0.0984 e. The molecular formula is C11H17N5. The third-order valence-corrected chi connectivity index (χ3v) is 2.78. The van der Waals surface area contributed by atoms with E-state index in [9.17, 15) is 0 Å². The lowest BCUT2D eigenvalue weighted by Crippen LogP contribution is -2.36. The number of hydrogen-bond acceptors (Lipinski definition) is 3. The second kappa shape index (κ2) is 7.75. The van der Waals surface area contributed by atoms with E-state index in [-0.39, 0.29) is 6.04 Å². The van der Waals surface area contributed by atoms with Gasteiger partial charge in [-0.05, 0) is 43.7 Å². The van der Waals surface area contributed by atoms with Crippen LogP contribution in [0.2, 0.25) is 0 Å². The molecule has 1 aliphatic carbocycles. The Hall–Kier alpha value is -1.50. The lowest BCUT2D eigenvalue weighted by atomic mass is 9.88. The van der Waals surface area contributed by atoms with Crippen molar-refractivity contribution in [1.82, 2.24) is 5.32 Å². The van der Waals surface area contributed by atoms with Gasteiger partial charge in [0.05, 0.1) is 12.1 Å². The molecule has 0 bridgehead atoms. The van der Waals surface area contributed by atoms with Crippen molar-refractivity contribution in [2.45, 2.75) is 31.7 Å². The van der Waals surface area contributed by atoms with Crippen LogP contribution in [0.5, 0.6) is 0 Å². The number of nitriles is 1. The van der Waals surface area contributed by atoms with Crippen LogP contribution in [0.15, 0.2) is 17.3 Å². The predicted molar refractivity (Wildman–Crippen MR) is 62.5 cm³/mol. The third kappa shape index (κ3) is 4.35. The van der Waals surface area contributed by atoms with Crippen LogP contribution in [0.1, 0.15) is 25.7 Å². The molecule has 0 saturated carbocycles. The van der Waals surface area contributed by atoms with Crippen molar-refractivity contribution >= 4 is 0 Å². The zero-order chi connectivity index (χ0) is 11.6. The molecule has 0 aromatic rings. The maximum atomic E-state index is 9.06. The lowest BCUT2D eigenvalue weighted by Gasteiger charge is -2.23. The summed E-state index contributed by atoms with van der Waals surface area (Å²) in [6, 6.07) is 2.24. The Kier molecular flexibility index (Phi) is 6.09. The highest BCUT2D eigenvalue weighted by Gasteiger charge is 2.20. The average molecular weight is 219 g/mol. The highest BCUT2D eigenvalue weighted by molar-refractivity contribution is 5.01. The number of nitrogens with zero attached hydrogens (tertiary/aromatic N) is 4. The van der Waals surface area contributed by atoms with E-state index in [0.717, 1.165) is 32.2 Å². The number of nitrogens with one attached hydrogen (secondary N) is 1. The maximum Gasteiger partial charge on any atom is 0.0984 e. The number of rotatable bonds is 6. The van der Waals surface area contributed by atoms with Gasteiger partial charge in [0.15, 0.2) is 0 Å². The first-order chi connectivity index (χ1) is 7.88. The van der Waals surface area contributed by atoms with Crippen molar-refractivity contribution < 1.29 is 0 Å². The predicted octanol–water partition coefficient (Wildman–Crippen LogP) is 2.52. The molecule has 1 rings (SSSR count). The van der Waals surface area contributed by atoms with Crippen molar-refractivity contribution in [3.8, 4) is 6.07 Å². The van der Waals surface area contributed by atoms with Gasteiger partial charge in [0, 0.05) is 11.5 Å². The molecule has 0 fully saturated rings. The summed E-state index contributed by atoms with van der Waals surface area (Å²) in [7, 11) is 0. The Labute approximate surface area is 95.8 Å². The SMILES string of the molecule is N#CC(NCCCN=[N+]=[N-])C1CC=CCC1. The van der Waals surface area contributed by atoms with Gasteiger partial charge < -0.3 is 5.32 Å². The summed E-state index contributed by atoms with van der Waals surface area (Å²) < 4.78 is 0. The summed E-state index contributed by atoms with van der Waals surface area (Å²) in [6.45, 7) is 1.23. The standard InChI is InChI=1S/C11H17N5/c12-9-11(10-5-2-1-3-6-10)14-7-4-8-15-16-13/h1-2,10-11,14H,3-8H2. The van der Waals surface area contributed by atoms with Crippen LogP contribution in [0.3, 0.4) is 0 Å². The van der Waals surface area contributed by atoms with Gasteiger partial charge in [-0.15, -0.1) is 0 Å². The zero-order valence-electron chi connectivity index (χ0n) is 9.34. The van der Waals surface area contributed by atoms with E-state index >= 15 is 0 Å². The van der Waals surface area contributed by atoms with Crippen molar-refractivity contribution in [3.05, 3.63) is 22.6 Å². The van der Waals surface area contributed by atoms with Gasteiger partial charge in [0.25, 0.3) is 0 Å². The van der Waals surface area contributed by atoms with Gasteiger partial charge in [-0.3, -0.25) is 0 Å². The van der Waals surface area contributed by atoms with Gasteiger partial charge >= 0.3 is 0 Å². The van der Waals surface area contributed by atoms with Crippen LogP contribution >= 0.6 is 0 Å². The van der Waals surface area contributed by atoms with Crippen LogP contribution in [-0.4, -0.2) is 19.1 Å². The first kappa shape index (κ1) is 12.6. The Morgan fingerprint density at radius 2 is 2.50 bits per heavy atom. The molecule has 0 heterocycles. The van der Waals surface area contributed by atoms with E-state index in [0.29, 0.717) is 12.5 Å². The molecule has 1 N–H and O–H groups in total. The molecule has 0 spiro atoms. The van der Waals surface area contributed by atoms with E-state index < -0.39 is 0 Å². The number of hydrogen-bond donors (Lipinski definition) is 1. The summed E-state index contributed by atoms with van der Waals surface area (Å²) in [4.78, 5) is 2.69. The normalized spacial score (nSPS) is 20.8. The molecule has 2 atom stereocenters. The van der Waals surface area contributed by atoms with E-state index in [1.807, 2.05) is 0 Å². The molecule has 2 unspecified atom stereocenters. The van der Waals surface area contributed by atoms with Gasteiger partial charge in [-0.1, -0.05) is 17.3 Å². The van der Waals surface area contributed by atoms with E-state index in [2.05, 4.69) is 33.6 Å². The lowest BCUT2D eigenvalue weighted by molar-refractivity contribution is 0.382. The Bertz CT molecular complexity index is 311. The van der Waals surface area contributed by atoms with E-state index in [1.54, 1.807) is 0 Å². The molecule has 86 valence electrons. The van der Waals surface area contributed by atoms with Crippen LogP contribution < -0.4 is 5.32 Å². The first-order valence-electron chi connectivity index (χ1n) is 5.67. The fourth-order valence-electron chi connectivity index (χ4n) is 1.89. The molecule has 0 aromatic heterocycles. The molecule has 0 amide bonds. The monoisotopic (exact) mass is 219 g/mol. The summed E-state index contributed by atoms with van der Waals surface area (Å²) in [5.41, 5.74) is 8.10. The molecule has 1 aliphatic rings. The summed E-state index contributed by atoms with van der Waals surface area (Å²) in [5.74, 6) is 0.425. The van der Waals surface area contributed by atoms with Crippen LogP contribution in [0.25, 0.3) is 10.4 Å². The number of allylic oxidation sites excluding steroid dienone is 2. The fraction of sp³-hybridized carbons (Fsp3) is 0.727. The second-order valence-corrected chi connectivity index (χ2v) is 3.91. The Morgan fingerprint density at radius 3 is 3.12 bits per heavy atom. The molecule has 5 heteroatoms. The fourth-order valence-corrected chi connectivity index (χ4v) is 1.89. The first-order valence-corrected chi connectivity index (χ1v) is 5.67. The minimum Gasteiger partial charge on any atom is -0.302 e. The number of azide groups is 1. The molecular weight excluding hydrogens is 202 g/mol. The summed E-state index contributed by atoms with van der Waals surface area (Å²) in [6.07, 6.45) is 8.25. The zero-order valence-corrected chi connectivity index (χ0v) is 9.34.